The van der Waals surface area contributed by atoms with Crippen molar-refractivity contribution >= 4 is 31.7 Å². The Morgan fingerprint density at radius 2 is 1.62 bits per heavy atom. The standard InChI is InChI=1S/C23H32N3O6S2/c1-32-23(27)21-11-9-20(10-12-21)19-24-34(30,31)18-6-15-26(22-7-4-3-5-8-22)16-13-25(14-17-26)33(2,28)29/h3-5,7-12,24H,6,13-19H2,1-2H3/q+1. The van der Waals surface area contributed by atoms with Gasteiger partial charge in [0.25, 0.3) is 0 Å². The van der Waals surface area contributed by atoms with Gasteiger partial charge in [-0.15, -0.1) is 0 Å². The van der Waals surface area contributed by atoms with E-state index >= 15 is 0 Å². The maximum absolute atomic E-state index is 12.6. The number of hydrogen-bond donors (Lipinski definition) is 1. The highest BCUT2D eigenvalue weighted by Crippen LogP contribution is 2.26. The van der Waals surface area contributed by atoms with Crippen LogP contribution in [0.1, 0.15) is 22.3 Å². The van der Waals surface area contributed by atoms with Crippen molar-refractivity contribution in [2.75, 3.05) is 51.8 Å². The van der Waals surface area contributed by atoms with Crippen molar-refractivity contribution < 1.29 is 26.4 Å². The zero-order chi connectivity index (χ0) is 24.8. The minimum Gasteiger partial charge on any atom is -0.465 e. The van der Waals surface area contributed by atoms with Gasteiger partial charge in [0.15, 0.2) is 0 Å². The fourth-order valence-electron chi connectivity index (χ4n) is 4.22. The number of carbonyl (C=O) groups excluding carboxylic acids is 1. The summed E-state index contributed by atoms with van der Waals surface area (Å²) in [4.78, 5) is 11.5. The lowest BCUT2D eigenvalue weighted by Gasteiger charge is -2.43. The predicted molar refractivity (Wildman–Crippen MR) is 132 cm³/mol. The Hall–Kier alpha value is -2.31. The van der Waals surface area contributed by atoms with Gasteiger partial charge in [-0.2, -0.15) is 4.31 Å². The first kappa shape index (κ1) is 26.3. The molecule has 1 fully saturated rings. The second kappa shape index (κ2) is 11.0. The Bertz CT molecular complexity index is 1170. The summed E-state index contributed by atoms with van der Waals surface area (Å²) >= 11 is 0. The normalized spacial score (nSPS) is 16.8. The number of sulfonamides is 2. The second-order valence-corrected chi connectivity index (χ2v) is 12.4. The number of carbonyl (C=O) groups is 1. The third kappa shape index (κ3) is 6.86. The fourth-order valence-corrected chi connectivity index (χ4v) is 6.08. The lowest BCUT2D eigenvalue weighted by molar-refractivity contribution is 0.0600. The Morgan fingerprint density at radius 1 is 1.00 bits per heavy atom. The third-order valence-corrected chi connectivity index (χ3v) is 8.91. The van der Waals surface area contributed by atoms with Crippen LogP contribution in [0.5, 0.6) is 0 Å². The number of rotatable bonds is 10. The first-order valence-corrected chi connectivity index (χ1v) is 14.6. The molecule has 11 heteroatoms. The van der Waals surface area contributed by atoms with E-state index < -0.39 is 26.0 Å². The van der Waals surface area contributed by atoms with E-state index in [9.17, 15) is 21.6 Å². The van der Waals surface area contributed by atoms with Gasteiger partial charge in [0.05, 0.1) is 57.4 Å². The highest BCUT2D eigenvalue weighted by atomic mass is 32.2. The van der Waals surface area contributed by atoms with Crippen molar-refractivity contribution in [2.24, 2.45) is 0 Å². The molecule has 0 amide bonds. The van der Waals surface area contributed by atoms with E-state index in [2.05, 4.69) is 9.46 Å². The molecule has 3 rings (SSSR count). The van der Waals surface area contributed by atoms with E-state index in [4.69, 9.17) is 0 Å². The van der Waals surface area contributed by atoms with Crippen molar-refractivity contribution in [1.29, 1.82) is 0 Å². The molecule has 0 atom stereocenters. The molecule has 1 saturated heterocycles. The zero-order valence-corrected chi connectivity index (χ0v) is 21.1. The maximum atomic E-state index is 12.6. The molecule has 1 N–H and O–H groups in total. The number of methoxy groups -OCH3 is 1. The molecule has 0 radical (unpaired) electrons. The first-order chi connectivity index (χ1) is 16.0. The fraction of sp³-hybridized carbons (Fsp3) is 0.435. The topological polar surface area (TPSA) is 110 Å². The smallest absolute Gasteiger partial charge is 0.337 e. The average molecular weight is 511 g/mol. The summed E-state index contributed by atoms with van der Waals surface area (Å²) in [6.45, 7) is 2.72. The van der Waals surface area contributed by atoms with Crippen LogP contribution in [0.4, 0.5) is 5.69 Å². The molecular formula is C23H32N3O6S2+. The summed E-state index contributed by atoms with van der Waals surface area (Å²) < 4.78 is 58.4. The van der Waals surface area contributed by atoms with Crippen LogP contribution in [0.2, 0.25) is 0 Å². The van der Waals surface area contributed by atoms with Crippen LogP contribution in [0.15, 0.2) is 54.6 Å². The van der Waals surface area contributed by atoms with Gasteiger partial charge in [0.1, 0.15) is 5.69 Å². The Balaban J connectivity index is 1.59. The molecule has 34 heavy (non-hydrogen) atoms. The van der Waals surface area contributed by atoms with E-state index in [-0.39, 0.29) is 12.3 Å². The summed E-state index contributed by atoms with van der Waals surface area (Å²) in [5.74, 6) is -0.476. The highest BCUT2D eigenvalue weighted by molar-refractivity contribution is 7.89. The Labute approximate surface area is 202 Å². The molecule has 2 aromatic carbocycles. The molecule has 1 aliphatic rings. The molecule has 1 heterocycles. The number of ether oxygens (including phenoxy) is 1. The minimum atomic E-state index is -3.51. The molecule has 0 spiro atoms. The van der Waals surface area contributed by atoms with Crippen molar-refractivity contribution in [3.05, 3.63) is 65.7 Å². The summed E-state index contributed by atoms with van der Waals surface area (Å²) in [6, 6.07) is 16.4. The van der Waals surface area contributed by atoms with Gasteiger partial charge in [-0.3, -0.25) is 4.48 Å². The van der Waals surface area contributed by atoms with Crippen LogP contribution in [-0.2, 0) is 31.3 Å². The van der Waals surface area contributed by atoms with Crippen LogP contribution < -0.4 is 9.21 Å². The maximum Gasteiger partial charge on any atom is 0.337 e. The van der Waals surface area contributed by atoms with Crippen molar-refractivity contribution in [1.82, 2.24) is 13.5 Å². The summed E-state index contributed by atoms with van der Waals surface area (Å²) in [5.41, 5.74) is 2.20. The lowest BCUT2D eigenvalue weighted by Crippen LogP contribution is -2.62. The third-order valence-electron chi connectivity index (χ3n) is 6.20. The van der Waals surface area contributed by atoms with Crippen molar-refractivity contribution in [3.8, 4) is 0 Å². The number of quaternary nitrogens is 1. The molecule has 0 unspecified atom stereocenters. The largest absolute Gasteiger partial charge is 0.465 e. The van der Waals surface area contributed by atoms with Crippen LogP contribution in [0.3, 0.4) is 0 Å². The van der Waals surface area contributed by atoms with E-state index in [1.54, 1.807) is 24.3 Å². The van der Waals surface area contributed by atoms with Crippen LogP contribution >= 0.6 is 0 Å². The number of nitrogens with zero attached hydrogens (tertiary/aromatic N) is 2. The summed E-state index contributed by atoms with van der Waals surface area (Å²) in [6.07, 6.45) is 1.65. The quantitative estimate of drug-likeness (QED) is 0.384. The number of hydrogen-bond acceptors (Lipinski definition) is 6. The number of piperazine rings is 1. The van der Waals surface area contributed by atoms with Gasteiger partial charge in [-0.05, 0) is 29.8 Å². The lowest BCUT2D eigenvalue weighted by atomic mass is 10.1. The van der Waals surface area contributed by atoms with Crippen molar-refractivity contribution in [2.45, 2.75) is 13.0 Å². The summed E-state index contributed by atoms with van der Waals surface area (Å²) in [7, 11) is -5.46. The second-order valence-electron chi connectivity index (χ2n) is 8.50. The number of para-hydroxylation sites is 1. The highest BCUT2D eigenvalue weighted by Gasteiger charge is 2.37. The number of esters is 1. The monoisotopic (exact) mass is 510 g/mol. The molecule has 9 nitrogen and oxygen atoms in total. The van der Waals surface area contributed by atoms with Gasteiger partial charge < -0.3 is 4.74 Å². The van der Waals surface area contributed by atoms with Crippen LogP contribution in [0, 0.1) is 0 Å². The number of benzene rings is 2. The SMILES string of the molecule is COC(=O)c1ccc(CNS(=O)(=O)CCC[N+]2(c3ccccc3)CCN(S(C)(=O)=O)CC2)cc1. The Morgan fingerprint density at radius 3 is 2.18 bits per heavy atom. The number of nitrogens with one attached hydrogen (secondary N) is 1. The van der Waals surface area contributed by atoms with E-state index in [1.807, 2.05) is 30.3 Å². The van der Waals surface area contributed by atoms with Gasteiger partial charge >= 0.3 is 5.97 Å². The molecule has 0 aromatic heterocycles. The van der Waals surface area contributed by atoms with Crippen LogP contribution in [-0.4, -0.2) is 79.0 Å². The van der Waals surface area contributed by atoms with E-state index in [0.717, 1.165) is 11.3 Å². The summed E-state index contributed by atoms with van der Waals surface area (Å²) in [5, 5.41) is 0. The molecule has 0 aliphatic carbocycles. The first-order valence-electron chi connectivity index (χ1n) is 11.1. The molecule has 186 valence electrons. The van der Waals surface area contributed by atoms with Gasteiger partial charge in [-0.25, -0.2) is 26.4 Å². The molecule has 1 aliphatic heterocycles. The minimum absolute atomic E-state index is 0.0319. The molecule has 0 bridgehead atoms. The predicted octanol–water partition coefficient (Wildman–Crippen LogP) is 1.57. The van der Waals surface area contributed by atoms with Gasteiger partial charge in [0, 0.05) is 13.0 Å². The Kier molecular flexibility index (Phi) is 8.47. The van der Waals surface area contributed by atoms with E-state index in [0.29, 0.717) is 49.2 Å². The van der Waals surface area contributed by atoms with Gasteiger partial charge in [0.2, 0.25) is 20.0 Å². The van der Waals surface area contributed by atoms with Crippen LogP contribution in [0.25, 0.3) is 0 Å². The molecular weight excluding hydrogens is 478 g/mol. The zero-order valence-electron chi connectivity index (χ0n) is 19.5. The molecule has 2 aromatic rings. The average Bonchev–Trinajstić information content (AvgIpc) is 2.83. The van der Waals surface area contributed by atoms with Gasteiger partial charge in [-0.1, -0.05) is 30.3 Å². The van der Waals surface area contributed by atoms with E-state index in [1.165, 1.54) is 17.7 Å². The van der Waals surface area contributed by atoms with Crippen molar-refractivity contribution in [3.63, 3.8) is 0 Å². The molecule has 0 saturated carbocycles.